The van der Waals surface area contributed by atoms with Gasteiger partial charge in [0, 0.05) is 17.8 Å². The third kappa shape index (κ3) is 3.95. The molecule has 0 aliphatic carbocycles. The van der Waals surface area contributed by atoms with Crippen LogP contribution in [-0.2, 0) is 11.3 Å². The minimum absolute atomic E-state index is 0.176. The van der Waals surface area contributed by atoms with Gasteiger partial charge in [-0.3, -0.25) is 4.79 Å². The van der Waals surface area contributed by atoms with E-state index in [0.29, 0.717) is 27.8 Å². The molecule has 1 aromatic carbocycles. The predicted molar refractivity (Wildman–Crippen MR) is 98.8 cm³/mol. The molecule has 27 heavy (non-hydrogen) atoms. The molecule has 0 unspecified atom stereocenters. The Kier molecular flexibility index (Phi) is 5.46. The van der Waals surface area contributed by atoms with Gasteiger partial charge in [-0.2, -0.15) is 4.68 Å². The number of ether oxygens (including phenoxy) is 3. The molecule has 9 nitrogen and oxygen atoms in total. The van der Waals surface area contributed by atoms with Gasteiger partial charge < -0.3 is 23.9 Å². The minimum atomic E-state index is -0.710. The first-order valence-electron chi connectivity index (χ1n) is 7.77. The maximum absolute atomic E-state index is 12.3. The number of anilines is 1. The van der Waals surface area contributed by atoms with E-state index in [1.165, 1.54) is 32.7 Å². The first kappa shape index (κ1) is 18.5. The average Bonchev–Trinajstić information content (AvgIpc) is 3.31. The third-order valence-corrected chi connectivity index (χ3v) is 4.44. The molecular formula is C17H17N3O6S. The normalized spacial score (nSPS) is 10.5. The molecule has 3 aromatic rings. The van der Waals surface area contributed by atoms with E-state index >= 15 is 0 Å². The Bertz CT molecular complexity index is 968. The number of carbonyl (C=O) groups excluding carboxylic acids is 1. The topological polar surface area (TPSA) is 105 Å². The van der Waals surface area contributed by atoms with Crippen LogP contribution in [0.4, 0.5) is 5.69 Å². The van der Waals surface area contributed by atoms with Gasteiger partial charge in [-0.05, 0) is 11.4 Å². The van der Waals surface area contributed by atoms with Gasteiger partial charge in [0.2, 0.25) is 11.7 Å². The summed E-state index contributed by atoms with van der Waals surface area (Å²) in [6, 6.07) is 6.76. The Hall–Kier alpha value is -3.27. The summed E-state index contributed by atoms with van der Waals surface area (Å²) in [5.41, 5.74) is 0.421. The van der Waals surface area contributed by atoms with Crippen LogP contribution >= 0.6 is 11.3 Å². The van der Waals surface area contributed by atoms with Gasteiger partial charge in [-0.15, -0.1) is 16.4 Å². The van der Waals surface area contributed by atoms with Crippen LogP contribution in [0, 0.1) is 0 Å². The number of benzene rings is 1. The maximum atomic E-state index is 12.3. The molecule has 0 radical (unpaired) electrons. The first-order chi connectivity index (χ1) is 13.0. The van der Waals surface area contributed by atoms with Crippen LogP contribution in [0.1, 0.15) is 0 Å². The van der Waals surface area contributed by atoms with Crippen molar-refractivity contribution in [3.63, 3.8) is 0 Å². The zero-order valence-corrected chi connectivity index (χ0v) is 15.7. The van der Waals surface area contributed by atoms with E-state index in [9.17, 15) is 9.59 Å². The summed E-state index contributed by atoms with van der Waals surface area (Å²) < 4.78 is 21.8. The molecule has 0 atom stereocenters. The zero-order valence-electron chi connectivity index (χ0n) is 14.8. The molecular weight excluding hydrogens is 374 g/mol. The molecule has 2 heterocycles. The van der Waals surface area contributed by atoms with Crippen LogP contribution in [0.3, 0.4) is 0 Å². The van der Waals surface area contributed by atoms with Crippen LogP contribution < -0.4 is 25.3 Å². The van der Waals surface area contributed by atoms with Crippen molar-refractivity contribution in [3.05, 3.63) is 40.2 Å². The molecule has 1 N–H and O–H groups in total. The predicted octanol–water partition coefficient (Wildman–Crippen LogP) is 2.23. The fourth-order valence-corrected chi connectivity index (χ4v) is 3.04. The Morgan fingerprint density at radius 2 is 1.93 bits per heavy atom. The van der Waals surface area contributed by atoms with E-state index in [1.54, 1.807) is 18.2 Å². The summed E-state index contributed by atoms with van der Waals surface area (Å²) >= 11 is 1.38. The summed E-state index contributed by atoms with van der Waals surface area (Å²) in [6.45, 7) is -0.301. The smallest absolute Gasteiger partial charge is 0.437 e. The lowest BCUT2D eigenvalue weighted by atomic mass is 10.2. The van der Waals surface area contributed by atoms with E-state index in [0.717, 1.165) is 4.68 Å². The quantitative estimate of drug-likeness (QED) is 0.658. The first-order valence-corrected chi connectivity index (χ1v) is 8.65. The van der Waals surface area contributed by atoms with Crippen molar-refractivity contribution < 1.29 is 23.4 Å². The molecule has 0 spiro atoms. The van der Waals surface area contributed by atoms with Crippen LogP contribution in [-0.4, -0.2) is 37.0 Å². The summed E-state index contributed by atoms with van der Waals surface area (Å²) in [5, 5.41) is 8.55. The molecule has 3 rings (SSSR count). The summed E-state index contributed by atoms with van der Waals surface area (Å²) in [4.78, 5) is 24.9. The molecule has 1 amide bonds. The lowest BCUT2D eigenvalue weighted by Gasteiger charge is -2.14. The van der Waals surface area contributed by atoms with Gasteiger partial charge in [0.1, 0.15) is 6.54 Å². The number of thiophene rings is 1. The van der Waals surface area contributed by atoms with Crippen molar-refractivity contribution >= 4 is 22.9 Å². The second-order valence-electron chi connectivity index (χ2n) is 5.27. The number of rotatable bonds is 7. The largest absolute Gasteiger partial charge is 0.493 e. The maximum Gasteiger partial charge on any atom is 0.437 e. The molecule has 0 fully saturated rings. The lowest BCUT2D eigenvalue weighted by molar-refractivity contribution is -0.117. The van der Waals surface area contributed by atoms with E-state index in [-0.39, 0.29) is 12.4 Å². The van der Waals surface area contributed by atoms with Gasteiger partial charge >= 0.3 is 5.76 Å². The standard InChI is InChI=1S/C17H17N3O6S/c1-23-11-7-10(8-12(24-2)15(11)25-3)18-14(21)9-20-17(22)26-16(19-20)13-5-4-6-27-13/h4-8H,9H2,1-3H3,(H,18,21). The van der Waals surface area contributed by atoms with Gasteiger partial charge in [0.25, 0.3) is 5.89 Å². The zero-order chi connectivity index (χ0) is 19.4. The Labute approximate surface area is 158 Å². The molecule has 0 aliphatic rings. The number of nitrogens with zero attached hydrogens (tertiary/aromatic N) is 2. The van der Waals surface area contributed by atoms with E-state index in [1.807, 2.05) is 11.4 Å². The molecule has 10 heteroatoms. The molecule has 0 saturated heterocycles. The van der Waals surface area contributed by atoms with E-state index in [2.05, 4.69) is 10.4 Å². The Balaban J connectivity index is 1.78. The number of amides is 1. The second-order valence-corrected chi connectivity index (χ2v) is 6.22. The average molecular weight is 391 g/mol. The molecule has 0 aliphatic heterocycles. The Morgan fingerprint density at radius 3 is 2.48 bits per heavy atom. The van der Waals surface area contributed by atoms with Crippen molar-refractivity contribution in [1.29, 1.82) is 0 Å². The van der Waals surface area contributed by atoms with Gasteiger partial charge in [-0.1, -0.05) is 6.07 Å². The minimum Gasteiger partial charge on any atom is -0.493 e. The van der Waals surface area contributed by atoms with Gasteiger partial charge in [0.05, 0.1) is 26.2 Å². The highest BCUT2D eigenvalue weighted by Gasteiger charge is 2.17. The molecule has 0 saturated carbocycles. The highest BCUT2D eigenvalue weighted by atomic mass is 32.1. The highest BCUT2D eigenvalue weighted by molar-refractivity contribution is 7.13. The fourth-order valence-electron chi connectivity index (χ4n) is 2.40. The lowest BCUT2D eigenvalue weighted by Crippen LogP contribution is -2.25. The third-order valence-electron chi connectivity index (χ3n) is 3.58. The number of hydrogen-bond donors (Lipinski definition) is 1. The van der Waals surface area contributed by atoms with Crippen molar-refractivity contribution in [2.45, 2.75) is 6.54 Å². The monoisotopic (exact) mass is 391 g/mol. The summed E-state index contributed by atoms with van der Waals surface area (Å²) in [6.07, 6.45) is 0. The van der Waals surface area contributed by atoms with Crippen LogP contribution in [0.15, 0.2) is 38.9 Å². The van der Waals surface area contributed by atoms with Crippen molar-refractivity contribution in [1.82, 2.24) is 9.78 Å². The number of aromatic nitrogens is 2. The van der Waals surface area contributed by atoms with Gasteiger partial charge in [-0.25, -0.2) is 4.79 Å². The summed E-state index contributed by atoms with van der Waals surface area (Å²) in [5.74, 6) is 0.203. The Morgan fingerprint density at radius 1 is 1.22 bits per heavy atom. The molecule has 142 valence electrons. The van der Waals surface area contributed by atoms with E-state index < -0.39 is 11.7 Å². The van der Waals surface area contributed by atoms with Crippen LogP contribution in [0.25, 0.3) is 10.8 Å². The number of carbonyl (C=O) groups is 1. The summed E-state index contributed by atoms with van der Waals surface area (Å²) in [7, 11) is 4.44. The van der Waals surface area contributed by atoms with Crippen LogP contribution in [0.2, 0.25) is 0 Å². The second kappa shape index (κ2) is 7.96. The number of methoxy groups -OCH3 is 3. The molecule has 0 bridgehead atoms. The number of nitrogens with one attached hydrogen (secondary N) is 1. The van der Waals surface area contributed by atoms with Crippen molar-refractivity contribution in [3.8, 4) is 28.0 Å². The fraction of sp³-hybridized carbons (Fsp3) is 0.235. The number of hydrogen-bond acceptors (Lipinski definition) is 8. The SMILES string of the molecule is COc1cc(NC(=O)Cn2nc(-c3cccs3)oc2=O)cc(OC)c1OC. The molecule has 2 aromatic heterocycles. The van der Waals surface area contributed by atoms with E-state index in [4.69, 9.17) is 18.6 Å². The van der Waals surface area contributed by atoms with Gasteiger partial charge in [0.15, 0.2) is 11.5 Å². The highest BCUT2D eigenvalue weighted by Crippen LogP contribution is 2.39. The van der Waals surface area contributed by atoms with Crippen molar-refractivity contribution in [2.75, 3.05) is 26.6 Å². The van der Waals surface area contributed by atoms with Crippen LogP contribution in [0.5, 0.6) is 17.2 Å². The van der Waals surface area contributed by atoms with Crippen molar-refractivity contribution in [2.24, 2.45) is 0 Å².